The molecule has 1 amide bonds. The maximum absolute atomic E-state index is 14.9. The molecule has 4 atom stereocenters. The lowest BCUT2D eigenvalue weighted by atomic mass is 9.76. The lowest BCUT2D eigenvalue weighted by Crippen LogP contribution is -2.51. The molecule has 1 saturated carbocycles. The van der Waals surface area contributed by atoms with E-state index in [4.69, 9.17) is 5.11 Å². The highest BCUT2D eigenvalue weighted by Crippen LogP contribution is 2.59. The van der Waals surface area contributed by atoms with E-state index < -0.39 is 34.1 Å². The molecule has 232 valence electrons. The highest BCUT2D eigenvalue weighted by atomic mass is 32.2. The molecule has 1 heterocycles. The summed E-state index contributed by atoms with van der Waals surface area (Å²) in [4.78, 5) is 16.3. The largest absolute Gasteiger partial charge is 0.435 e. The van der Waals surface area contributed by atoms with Gasteiger partial charge in [0.15, 0.2) is 0 Å². The van der Waals surface area contributed by atoms with Gasteiger partial charge in [0.05, 0.1) is 10.8 Å². The van der Waals surface area contributed by atoms with Crippen LogP contribution in [0, 0.1) is 17.7 Å². The van der Waals surface area contributed by atoms with E-state index in [2.05, 4.69) is 6.92 Å². The predicted octanol–water partition coefficient (Wildman–Crippen LogP) is 8.08. The van der Waals surface area contributed by atoms with Crippen molar-refractivity contribution in [2.75, 3.05) is 13.7 Å². The maximum atomic E-state index is 14.9. The predicted molar refractivity (Wildman–Crippen MR) is 143 cm³/mol. The summed E-state index contributed by atoms with van der Waals surface area (Å²) in [6.45, 7) is 2.43. The molecule has 12 heteroatoms. The summed E-state index contributed by atoms with van der Waals surface area (Å²) in [6.07, 6.45) is -7.89. The lowest BCUT2D eigenvalue weighted by molar-refractivity contribution is -0.348. The Bertz CT molecular complexity index is 1250. The van der Waals surface area contributed by atoms with Gasteiger partial charge in [0, 0.05) is 30.0 Å². The van der Waals surface area contributed by atoms with Gasteiger partial charge in [0.1, 0.15) is 5.82 Å². The molecular weight excluding hydrogens is 590 g/mol. The smallest absolute Gasteiger partial charge is 0.400 e. The number of halogens is 8. The molecule has 2 fully saturated rings. The average molecular weight is 624 g/mol. The van der Waals surface area contributed by atoms with Gasteiger partial charge in [0.25, 0.3) is 0 Å². The number of benzene rings is 2. The number of nitrogens with zero attached hydrogens (tertiary/aromatic N) is 1. The van der Waals surface area contributed by atoms with Crippen molar-refractivity contribution in [3.05, 3.63) is 65.0 Å². The summed E-state index contributed by atoms with van der Waals surface area (Å²) in [7, 11) is 1.00. The summed E-state index contributed by atoms with van der Waals surface area (Å²) in [5.74, 6) is -0.368. The molecule has 2 aromatic carbocycles. The molecule has 2 aliphatic carbocycles. The second-order valence-corrected chi connectivity index (χ2v) is 12.6. The number of fused-ring (bicyclic) bond motifs is 3. The zero-order chi connectivity index (χ0) is 31.1. The lowest BCUT2D eigenvalue weighted by Gasteiger charge is -2.44. The molecule has 4 unspecified atom stereocenters. The molecule has 42 heavy (non-hydrogen) atoms. The van der Waals surface area contributed by atoms with Crippen LogP contribution in [0.5, 0.6) is 0 Å². The zero-order valence-electron chi connectivity index (χ0n) is 23.2. The zero-order valence-corrected chi connectivity index (χ0v) is 24.0. The SMILES string of the molecule is CC1CCCCC1C(=O)N1CCC2(Sc3ccc(F)cc3)c3ccc(C(F)(C(F)(F)F)C(F)(F)F)cc3CCC12.CO. The Balaban J connectivity index is 0.00000198. The van der Waals surface area contributed by atoms with Gasteiger partial charge < -0.3 is 10.0 Å². The number of likely N-dealkylation sites (tertiary alicyclic amines) is 1. The second-order valence-electron chi connectivity index (χ2n) is 11.2. The normalized spacial score (nSPS) is 26.2. The summed E-state index contributed by atoms with van der Waals surface area (Å²) in [5.41, 5.74) is -6.34. The second kappa shape index (κ2) is 12.0. The van der Waals surface area contributed by atoms with Crippen molar-refractivity contribution >= 4 is 17.7 Å². The first-order valence-electron chi connectivity index (χ1n) is 13.8. The number of aliphatic hydroxyl groups excluding tert-OH is 1. The third-order valence-electron chi connectivity index (χ3n) is 8.89. The van der Waals surface area contributed by atoms with E-state index in [-0.39, 0.29) is 35.8 Å². The van der Waals surface area contributed by atoms with E-state index in [0.29, 0.717) is 42.0 Å². The third kappa shape index (κ3) is 5.53. The molecule has 1 aliphatic heterocycles. The number of amides is 1. The number of hydrogen-bond acceptors (Lipinski definition) is 3. The number of rotatable bonds is 4. The van der Waals surface area contributed by atoms with Crippen LogP contribution >= 0.6 is 11.8 Å². The Morgan fingerprint density at radius 1 is 0.929 bits per heavy atom. The first-order valence-corrected chi connectivity index (χ1v) is 14.7. The summed E-state index contributed by atoms with van der Waals surface area (Å²) in [6, 6.07) is 7.71. The standard InChI is InChI=1S/C29H29F8NOS.CH4O/c1-17-4-2-3-5-22(17)25(39)38-15-14-26(40-21-10-8-20(30)9-11-21)23-12-7-19(16-18(23)6-13-24(26)38)27(31,28(32,33)34)29(35,36)37;1-2/h7-12,16-17,22,24H,2-6,13-15H2,1H3;2H,1H3. The fourth-order valence-corrected chi connectivity index (χ4v) is 8.40. The molecule has 3 nitrogen and oxygen atoms in total. The van der Waals surface area contributed by atoms with Gasteiger partial charge in [-0.25, -0.2) is 8.78 Å². The highest BCUT2D eigenvalue weighted by Gasteiger charge is 2.73. The number of thioether (sulfide) groups is 1. The van der Waals surface area contributed by atoms with Crippen molar-refractivity contribution in [3.8, 4) is 0 Å². The highest BCUT2D eigenvalue weighted by molar-refractivity contribution is 8.00. The number of hydrogen-bond donors (Lipinski definition) is 1. The van der Waals surface area contributed by atoms with Crippen molar-refractivity contribution < 1.29 is 45.0 Å². The quantitative estimate of drug-likeness (QED) is 0.350. The van der Waals surface area contributed by atoms with Gasteiger partial charge >= 0.3 is 18.0 Å². The number of carbonyl (C=O) groups excluding carboxylic acids is 1. The van der Waals surface area contributed by atoms with Crippen LogP contribution in [0.1, 0.15) is 62.1 Å². The fraction of sp³-hybridized carbons (Fsp3) is 0.567. The van der Waals surface area contributed by atoms with Crippen LogP contribution in [0.25, 0.3) is 0 Å². The van der Waals surface area contributed by atoms with Crippen molar-refractivity contribution in [2.24, 2.45) is 11.8 Å². The van der Waals surface area contributed by atoms with Crippen LogP contribution in [-0.4, -0.2) is 48.0 Å². The fourth-order valence-electron chi connectivity index (χ4n) is 6.82. The first kappa shape index (κ1) is 32.6. The van der Waals surface area contributed by atoms with E-state index >= 15 is 0 Å². The van der Waals surface area contributed by atoms with Crippen molar-refractivity contribution in [2.45, 2.75) is 85.6 Å². The van der Waals surface area contributed by atoms with Crippen LogP contribution in [0.3, 0.4) is 0 Å². The minimum absolute atomic E-state index is 0.0239. The molecule has 0 radical (unpaired) electrons. The number of alkyl halides is 7. The molecular formula is C30H33F8NO2S. The van der Waals surface area contributed by atoms with Gasteiger partial charge in [-0.3, -0.25) is 4.79 Å². The van der Waals surface area contributed by atoms with Crippen LogP contribution in [0.15, 0.2) is 47.4 Å². The third-order valence-corrected chi connectivity index (χ3v) is 10.5. The summed E-state index contributed by atoms with van der Waals surface area (Å²) >= 11 is 1.33. The Morgan fingerprint density at radius 2 is 1.55 bits per heavy atom. The minimum atomic E-state index is -6.20. The van der Waals surface area contributed by atoms with Crippen molar-refractivity contribution in [1.29, 1.82) is 0 Å². The molecule has 5 rings (SSSR count). The van der Waals surface area contributed by atoms with E-state index in [9.17, 15) is 39.9 Å². The van der Waals surface area contributed by atoms with E-state index in [1.165, 1.54) is 23.9 Å². The maximum Gasteiger partial charge on any atom is 0.435 e. The van der Waals surface area contributed by atoms with Crippen LogP contribution in [-0.2, 0) is 21.6 Å². The average Bonchev–Trinajstić information content (AvgIpc) is 3.32. The molecule has 1 saturated heterocycles. The van der Waals surface area contributed by atoms with Gasteiger partial charge in [0.2, 0.25) is 5.91 Å². The molecule has 1 N–H and O–H groups in total. The van der Waals surface area contributed by atoms with Gasteiger partial charge in [-0.15, -0.1) is 11.8 Å². The Morgan fingerprint density at radius 3 is 2.14 bits per heavy atom. The van der Waals surface area contributed by atoms with E-state index in [1.807, 2.05) is 4.90 Å². The number of carbonyl (C=O) groups is 1. The van der Waals surface area contributed by atoms with Crippen LogP contribution < -0.4 is 0 Å². The molecule has 0 bridgehead atoms. The topological polar surface area (TPSA) is 40.5 Å². The first-order chi connectivity index (χ1) is 19.7. The molecule has 2 aromatic rings. The van der Waals surface area contributed by atoms with E-state index in [0.717, 1.165) is 38.9 Å². The van der Waals surface area contributed by atoms with Gasteiger partial charge in [-0.2, -0.15) is 26.3 Å². The van der Waals surface area contributed by atoms with Crippen molar-refractivity contribution in [3.63, 3.8) is 0 Å². The van der Waals surface area contributed by atoms with Crippen molar-refractivity contribution in [1.82, 2.24) is 4.90 Å². The van der Waals surface area contributed by atoms with Gasteiger partial charge in [-0.05, 0) is 73.4 Å². The monoisotopic (exact) mass is 623 g/mol. The Labute approximate surface area is 243 Å². The molecule has 0 aromatic heterocycles. The summed E-state index contributed by atoms with van der Waals surface area (Å²) in [5, 5.41) is 7.00. The van der Waals surface area contributed by atoms with E-state index in [1.54, 1.807) is 12.1 Å². The number of aryl methyl sites for hydroxylation is 1. The van der Waals surface area contributed by atoms with Crippen LogP contribution in [0.2, 0.25) is 0 Å². The van der Waals surface area contributed by atoms with Gasteiger partial charge in [-0.1, -0.05) is 38.0 Å². The summed E-state index contributed by atoms with van der Waals surface area (Å²) < 4.78 is 109. The molecule has 0 spiro atoms. The Hall–Kier alpha value is -2.34. The van der Waals surface area contributed by atoms with Crippen LogP contribution in [0.4, 0.5) is 35.1 Å². The number of aliphatic hydroxyl groups is 1. The Kier molecular flexibility index (Phi) is 9.29. The minimum Gasteiger partial charge on any atom is -0.400 e. The molecule has 3 aliphatic rings.